The molecule has 0 saturated carbocycles. The summed E-state index contributed by atoms with van der Waals surface area (Å²) < 4.78 is 5.69. The van der Waals surface area contributed by atoms with E-state index in [9.17, 15) is 9.59 Å². The van der Waals surface area contributed by atoms with E-state index in [0.29, 0.717) is 30.1 Å². The molecule has 0 radical (unpaired) electrons. The van der Waals surface area contributed by atoms with Crippen LogP contribution in [0, 0.1) is 0 Å². The number of para-hydroxylation sites is 1. The van der Waals surface area contributed by atoms with Gasteiger partial charge in [0, 0.05) is 24.4 Å². The highest BCUT2D eigenvalue weighted by Gasteiger charge is 2.24. The van der Waals surface area contributed by atoms with Crippen molar-refractivity contribution in [1.82, 2.24) is 4.90 Å². The Bertz CT molecular complexity index is 835. The molecule has 0 aliphatic heterocycles. The molecule has 3 rings (SSSR count). The van der Waals surface area contributed by atoms with Crippen LogP contribution in [-0.2, 0) is 17.6 Å². The molecule has 2 amide bonds. The van der Waals surface area contributed by atoms with Gasteiger partial charge in [-0.2, -0.15) is 0 Å². The number of rotatable bonds is 10. The Balaban J connectivity index is 1.41. The molecule has 7 heteroatoms. The highest BCUT2D eigenvalue weighted by Crippen LogP contribution is 2.37. The van der Waals surface area contributed by atoms with E-state index in [1.54, 1.807) is 0 Å². The van der Waals surface area contributed by atoms with Crippen molar-refractivity contribution in [1.29, 1.82) is 0 Å². The number of ether oxygens (including phenoxy) is 1. The van der Waals surface area contributed by atoms with Crippen LogP contribution in [0.25, 0.3) is 0 Å². The van der Waals surface area contributed by atoms with Crippen LogP contribution in [0.1, 0.15) is 46.5 Å². The Morgan fingerprint density at radius 2 is 1.93 bits per heavy atom. The topological polar surface area (TPSA) is 84.7 Å². The zero-order valence-electron chi connectivity index (χ0n) is 16.9. The second-order valence-electron chi connectivity index (χ2n) is 7.40. The molecule has 2 aromatic rings. The Kier molecular flexibility index (Phi) is 7.66. The molecule has 3 N–H and O–H groups in total. The fourth-order valence-electron chi connectivity index (χ4n) is 3.55. The van der Waals surface area contributed by atoms with Gasteiger partial charge in [-0.15, -0.1) is 11.3 Å². The number of primary amides is 1. The maximum Gasteiger partial charge on any atom is 0.251 e. The average Bonchev–Trinajstić information content (AvgIpc) is 3.08. The van der Waals surface area contributed by atoms with Gasteiger partial charge in [-0.05, 0) is 56.8 Å². The zero-order valence-corrected chi connectivity index (χ0v) is 17.7. The van der Waals surface area contributed by atoms with E-state index in [1.165, 1.54) is 16.2 Å². The fraction of sp³-hybridized carbons (Fsp3) is 0.455. The summed E-state index contributed by atoms with van der Waals surface area (Å²) >= 11 is 1.50. The summed E-state index contributed by atoms with van der Waals surface area (Å²) in [6, 6.07) is 9.75. The van der Waals surface area contributed by atoms with E-state index in [2.05, 4.69) is 10.2 Å². The second-order valence-corrected chi connectivity index (χ2v) is 8.50. The lowest BCUT2D eigenvalue weighted by molar-refractivity contribution is -0.116. The van der Waals surface area contributed by atoms with Crippen molar-refractivity contribution in [3.8, 4) is 5.75 Å². The summed E-state index contributed by atoms with van der Waals surface area (Å²) in [5, 5.41) is 3.54. The van der Waals surface area contributed by atoms with Crippen LogP contribution in [0.4, 0.5) is 5.00 Å². The third-order valence-electron chi connectivity index (χ3n) is 5.09. The van der Waals surface area contributed by atoms with Gasteiger partial charge in [0.15, 0.2) is 0 Å². The number of thiophene rings is 1. The lowest BCUT2D eigenvalue weighted by atomic mass is 9.95. The highest BCUT2D eigenvalue weighted by atomic mass is 32.1. The van der Waals surface area contributed by atoms with Crippen molar-refractivity contribution in [2.24, 2.45) is 5.73 Å². The number of anilines is 1. The number of hydrogen-bond acceptors (Lipinski definition) is 5. The first-order chi connectivity index (χ1) is 14.0. The Hall–Kier alpha value is -2.38. The van der Waals surface area contributed by atoms with Gasteiger partial charge in [-0.3, -0.25) is 9.59 Å². The molecule has 1 heterocycles. The van der Waals surface area contributed by atoms with Gasteiger partial charge >= 0.3 is 0 Å². The average molecular weight is 416 g/mol. The number of aryl methyl sites for hydroxylation is 1. The van der Waals surface area contributed by atoms with Crippen molar-refractivity contribution < 1.29 is 14.3 Å². The summed E-state index contributed by atoms with van der Waals surface area (Å²) in [5.74, 6) is 0.340. The Morgan fingerprint density at radius 3 is 2.69 bits per heavy atom. The fourth-order valence-corrected chi connectivity index (χ4v) is 4.86. The number of fused-ring (bicyclic) bond motifs is 1. The van der Waals surface area contributed by atoms with Crippen LogP contribution in [0.2, 0.25) is 0 Å². The molecule has 1 aliphatic rings. The Labute approximate surface area is 176 Å². The first kappa shape index (κ1) is 21.3. The molecule has 0 fully saturated rings. The zero-order chi connectivity index (χ0) is 20.6. The van der Waals surface area contributed by atoms with E-state index in [1.807, 2.05) is 37.4 Å². The molecule has 156 valence electrons. The number of nitrogens with two attached hydrogens (primary N) is 1. The van der Waals surface area contributed by atoms with Crippen LogP contribution in [0.3, 0.4) is 0 Å². The van der Waals surface area contributed by atoms with Crippen LogP contribution in [0.15, 0.2) is 30.3 Å². The van der Waals surface area contributed by atoms with E-state index in [0.717, 1.165) is 50.0 Å². The first-order valence-electron chi connectivity index (χ1n) is 10.1. The summed E-state index contributed by atoms with van der Waals surface area (Å²) in [7, 11) is 1.99. The maximum atomic E-state index is 12.4. The van der Waals surface area contributed by atoms with Gasteiger partial charge in [0.2, 0.25) is 5.91 Å². The molecule has 0 atom stereocenters. The summed E-state index contributed by atoms with van der Waals surface area (Å²) in [5.41, 5.74) is 7.15. The maximum absolute atomic E-state index is 12.4. The standard InChI is InChI=1S/C22H29N3O3S/c1-25(13-7-15-28-16-8-3-2-4-9-16)14-12-19(26)24-22-20(21(23)27)17-10-5-6-11-18(17)29-22/h2-4,8-9H,5-7,10-15H2,1H3,(H2,23,27)(H,24,26). The lowest BCUT2D eigenvalue weighted by Crippen LogP contribution is -2.26. The normalized spacial score (nSPS) is 13.2. The number of carbonyl (C=O) groups is 2. The number of hydrogen-bond donors (Lipinski definition) is 2. The van der Waals surface area contributed by atoms with Crippen molar-refractivity contribution in [2.75, 3.05) is 32.1 Å². The third kappa shape index (κ3) is 6.05. The number of amides is 2. The van der Waals surface area contributed by atoms with Crippen molar-refractivity contribution >= 4 is 28.2 Å². The molecule has 1 aromatic heterocycles. The van der Waals surface area contributed by atoms with Gasteiger partial charge < -0.3 is 20.7 Å². The lowest BCUT2D eigenvalue weighted by Gasteiger charge is -2.16. The predicted octanol–water partition coefficient (Wildman–Crippen LogP) is 3.46. The summed E-state index contributed by atoms with van der Waals surface area (Å²) in [6.45, 7) is 2.14. The molecule has 1 aliphatic carbocycles. The molecular weight excluding hydrogens is 386 g/mol. The summed E-state index contributed by atoms with van der Waals surface area (Å²) in [6.07, 6.45) is 5.28. The van der Waals surface area contributed by atoms with Crippen molar-refractivity contribution in [3.63, 3.8) is 0 Å². The van der Waals surface area contributed by atoms with Crippen LogP contribution < -0.4 is 15.8 Å². The number of nitrogens with one attached hydrogen (secondary N) is 1. The van der Waals surface area contributed by atoms with E-state index in [4.69, 9.17) is 10.5 Å². The minimum Gasteiger partial charge on any atom is -0.494 e. The van der Waals surface area contributed by atoms with Gasteiger partial charge in [0.05, 0.1) is 12.2 Å². The van der Waals surface area contributed by atoms with Crippen LogP contribution >= 0.6 is 11.3 Å². The smallest absolute Gasteiger partial charge is 0.251 e. The Morgan fingerprint density at radius 1 is 1.17 bits per heavy atom. The minimum absolute atomic E-state index is 0.0847. The van der Waals surface area contributed by atoms with E-state index in [-0.39, 0.29) is 5.91 Å². The molecule has 6 nitrogen and oxygen atoms in total. The first-order valence-corrected chi connectivity index (χ1v) is 11.0. The monoisotopic (exact) mass is 415 g/mol. The quantitative estimate of drug-likeness (QED) is 0.582. The van der Waals surface area contributed by atoms with Gasteiger partial charge in [-0.1, -0.05) is 18.2 Å². The SMILES string of the molecule is CN(CCCOc1ccccc1)CCC(=O)Nc1sc2c(c1C(N)=O)CCCC2. The molecule has 1 aromatic carbocycles. The summed E-state index contributed by atoms with van der Waals surface area (Å²) in [4.78, 5) is 27.6. The highest BCUT2D eigenvalue weighted by molar-refractivity contribution is 7.17. The van der Waals surface area contributed by atoms with Gasteiger partial charge in [0.25, 0.3) is 5.91 Å². The second kappa shape index (κ2) is 10.4. The van der Waals surface area contributed by atoms with Gasteiger partial charge in [0.1, 0.15) is 10.8 Å². The predicted molar refractivity (Wildman–Crippen MR) is 117 cm³/mol. The molecule has 0 unspecified atom stereocenters. The molecule has 0 spiro atoms. The molecular formula is C22H29N3O3S. The van der Waals surface area contributed by atoms with Crippen molar-refractivity contribution in [2.45, 2.75) is 38.5 Å². The third-order valence-corrected chi connectivity index (χ3v) is 6.29. The molecule has 0 bridgehead atoms. The van der Waals surface area contributed by atoms with E-state index < -0.39 is 5.91 Å². The van der Waals surface area contributed by atoms with Crippen molar-refractivity contribution in [3.05, 3.63) is 46.3 Å². The number of nitrogens with zero attached hydrogens (tertiary/aromatic N) is 1. The molecule has 0 saturated heterocycles. The van der Waals surface area contributed by atoms with Gasteiger partial charge in [-0.25, -0.2) is 0 Å². The van der Waals surface area contributed by atoms with Crippen LogP contribution in [-0.4, -0.2) is 43.5 Å². The minimum atomic E-state index is -0.449. The molecule has 29 heavy (non-hydrogen) atoms. The van der Waals surface area contributed by atoms with Crippen LogP contribution in [0.5, 0.6) is 5.75 Å². The largest absolute Gasteiger partial charge is 0.494 e. The van der Waals surface area contributed by atoms with E-state index >= 15 is 0 Å². The number of carbonyl (C=O) groups excluding carboxylic acids is 2. The number of benzene rings is 1.